The average Bonchev–Trinajstić information content (AvgIpc) is 2.62. The Balaban J connectivity index is 1.71. The van der Waals surface area contributed by atoms with Gasteiger partial charge in [0.25, 0.3) is 0 Å². The minimum atomic E-state index is -0.150. The molecule has 0 aromatic carbocycles. The molecule has 0 radical (unpaired) electrons. The highest BCUT2D eigenvalue weighted by Gasteiger charge is 2.11. The van der Waals surface area contributed by atoms with E-state index in [1.807, 2.05) is 18.2 Å². The van der Waals surface area contributed by atoms with Gasteiger partial charge in [0.2, 0.25) is 0 Å². The molecule has 136 valence electrons. The van der Waals surface area contributed by atoms with Gasteiger partial charge in [0.15, 0.2) is 0 Å². The van der Waals surface area contributed by atoms with Crippen LogP contribution in [0.1, 0.15) is 5.69 Å². The zero-order valence-electron chi connectivity index (χ0n) is 14.1. The quantitative estimate of drug-likeness (QED) is 0.814. The summed E-state index contributed by atoms with van der Waals surface area (Å²) in [6.45, 7) is 5.70. The Morgan fingerprint density at radius 2 is 1.33 bits per heavy atom. The lowest BCUT2D eigenvalue weighted by Crippen LogP contribution is -2.27. The van der Waals surface area contributed by atoms with E-state index in [0.717, 1.165) is 5.69 Å². The van der Waals surface area contributed by atoms with E-state index in [0.29, 0.717) is 72.7 Å². The zero-order chi connectivity index (χ0) is 16.7. The molecule has 1 saturated heterocycles. The summed E-state index contributed by atoms with van der Waals surface area (Å²) >= 11 is 0. The number of hydrogen-bond acceptors (Lipinski definition) is 7. The first kappa shape index (κ1) is 19.2. The normalized spacial score (nSPS) is 20.7. The van der Waals surface area contributed by atoms with Gasteiger partial charge >= 0.3 is 0 Å². The minimum absolute atomic E-state index is 0.150. The summed E-state index contributed by atoms with van der Waals surface area (Å²) in [6, 6.07) is 5.75. The molecule has 1 aromatic heterocycles. The van der Waals surface area contributed by atoms with Crippen LogP contribution >= 0.6 is 0 Å². The number of aromatic nitrogens is 1. The highest BCUT2D eigenvalue weighted by molar-refractivity contribution is 5.01. The molecular weight excluding hydrogens is 314 g/mol. The van der Waals surface area contributed by atoms with E-state index in [1.54, 1.807) is 6.20 Å². The Labute approximate surface area is 143 Å². The third-order valence-corrected chi connectivity index (χ3v) is 3.29. The molecule has 1 aliphatic rings. The van der Waals surface area contributed by atoms with Crippen molar-refractivity contribution in [1.82, 2.24) is 4.98 Å². The van der Waals surface area contributed by atoms with Crippen LogP contribution in [0.15, 0.2) is 24.4 Å². The number of ether oxygens (including phenoxy) is 6. The van der Waals surface area contributed by atoms with Crippen LogP contribution in [0.4, 0.5) is 0 Å². The number of hydrogen-bond donors (Lipinski definition) is 0. The molecule has 2 rings (SSSR count). The number of nitrogens with zero attached hydrogens (tertiary/aromatic N) is 1. The molecular formula is C17H27NO6. The van der Waals surface area contributed by atoms with E-state index in [4.69, 9.17) is 28.4 Å². The topological polar surface area (TPSA) is 68.3 Å². The van der Waals surface area contributed by atoms with Crippen molar-refractivity contribution < 1.29 is 28.4 Å². The summed E-state index contributed by atoms with van der Waals surface area (Å²) in [5, 5.41) is 0. The van der Waals surface area contributed by atoms with Crippen molar-refractivity contribution in [3.8, 4) is 0 Å². The smallest absolute Gasteiger partial charge is 0.105 e. The highest BCUT2D eigenvalue weighted by atomic mass is 16.6. The molecule has 0 saturated carbocycles. The maximum absolute atomic E-state index is 5.86. The molecule has 0 unspecified atom stereocenters. The van der Waals surface area contributed by atoms with Crippen LogP contribution in [0.25, 0.3) is 0 Å². The van der Waals surface area contributed by atoms with Gasteiger partial charge in [-0.3, -0.25) is 4.98 Å². The Morgan fingerprint density at radius 1 is 0.792 bits per heavy atom. The van der Waals surface area contributed by atoms with Crippen molar-refractivity contribution in [2.24, 2.45) is 0 Å². The molecule has 24 heavy (non-hydrogen) atoms. The van der Waals surface area contributed by atoms with Crippen molar-refractivity contribution in [1.29, 1.82) is 0 Å². The summed E-state index contributed by atoms with van der Waals surface area (Å²) in [4.78, 5) is 4.25. The second-order valence-electron chi connectivity index (χ2n) is 5.24. The van der Waals surface area contributed by atoms with Gasteiger partial charge < -0.3 is 28.4 Å². The monoisotopic (exact) mass is 341 g/mol. The van der Waals surface area contributed by atoms with Gasteiger partial charge in [-0.1, -0.05) is 6.07 Å². The van der Waals surface area contributed by atoms with Crippen molar-refractivity contribution >= 4 is 0 Å². The number of rotatable bonds is 3. The lowest BCUT2D eigenvalue weighted by atomic mass is 10.3. The van der Waals surface area contributed by atoms with Gasteiger partial charge in [0, 0.05) is 6.20 Å². The van der Waals surface area contributed by atoms with E-state index in [-0.39, 0.29) is 6.10 Å². The summed E-state index contributed by atoms with van der Waals surface area (Å²) in [5.74, 6) is 0. The van der Waals surface area contributed by atoms with Crippen LogP contribution in [0.5, 0.6) is 0 Å². The molecule has 0 amide bonds. The largest absolute Gasteiger partial charge is 0.377 e. The molecule has 7 nitrogen and oxygen atoms in total. The molecule has 7 heteroatoms. The van der Waals surface area contributed by atoms with E-state index in [9.17, 15) is 0 Å². The van der Waals surface area contributed by atoms with Crippen LogP contribution < -0.4 is 0 Å². The average molecular weight is 341 g/mol. The first-order valence-corrected chi connectivity index (χ1v) is 8.35. The maximum Gasteiger partial charge on any atom is 0.105 e. The summed E-state index contributed by atoms with van der Waals surface area (Å²) in [5.41, 5.74) is 0.885. The summed E-state index contributed by atoms with van der Waals surface area (Å²) in [7, 11) is 0. The van der Waals surface area contributed by atoms with Crippen molar-refractivity contribution in [2.45, 2.75) is 12.7 Å². The zero-order valence-corrected chi connectivity index (χ0v) is 14.1. The second kappa shape index (κ2) is 13.2. The minimum Gasteiger partial charge on any atom is -0.377 e. The maximum atomic E-state index is 5.86. The number of pyridine rings is 1. The lowest BCUT2D eigenvalue weighted by molar-refractivity contribution is -0.0848. The Hall–Kier alpha value is -1.09. The molecule has 0 bridgehead atoms. The van der Waals surface area contributed by atoms with E-state index in [2.05, 4.69) is 4.98 Å². The fourth-order valence-corrected chi connectivity index (χ4v) is 2.04. The first-order chi connectivity index (χ1) is 11.9. The third kappa shape index (κ3) is 9.27. The van der Waals surface area contributed by atoms with Crippen molar-refractivity contribution in [3.63, 3.8) is 0 Å². The van der Waals surface area contributed by atoms with E-state index >= 15 is 0 Å². The molecule has 2 heterocycles. The van der Waals surface area contributed by atoms with Crippen LogP contribution in [0.3, 0.4) is 0 Å². The van der Waals surface area contributed by atoms with Gasteiger partial charge in [-0.15, -0.1) is 0 Å². The van der Waals surface area contributed by atoms with Gasteiger partial charge in [-0.2, -0.15) is 0 Å². The third-order valence-electron chi connectivity index (χ3n) is 3.29. The molecule has 0 atom stereocenters. The van der Waals surface area contributed by atoms with Crippen LogP contribution in [0.2, 0.25) is 0 Å². The predicted octanol–water partition coefficient (Wildman–Crippen LogP) is 1.06. The Kier molecular flexibility index (Phi) is 10.6. The molecule has 1 aromatic rings. The molecule has 0 aliphatic carbocycles. The first-order valence-electron chi connectivity index (χ1n) is 8.35. The van der Waals surface area contributed by atoms with E-state index < -0.39 is 0 Å². The van der Waals surface area contributed by atoms with Gasteiger partial charge in [0.05, 0.1) is 78.4 Å². The molecule has 0 N–H and O–H groups in total. The molecule has 0 spiro atoms. The Morgan fingerprint density at radius 3 is 1.83 bits per heavy atom. The highest BCUT2D eigenvalue weighted by Crippen LogP contribution is 2.03. The summed E-state index contributed by atoms with van der Waals surface area (Å²) in [6.07, 6.45) is 1.60. The predicted molar refractivity (Wildman–Crippen MR) is 86.9 cm³/mol. The van der Waals surface area contributed by atoms with Crippen LogP contribution in [0, 0.1) is 0 Å². The fraction of sp³-hybridized carbons (Fsp3) is 0.706. The van der Waals surface area contributed by atoms with Crippen LogP contribution in [-0.4, -0.2) is 77.2 Å². The standard InChI is InChI=1S/C17H27NO6/c1-2-4-18-16(3-1)13-24-17-14-22-11-9-20-7-5-19-6-8-21-10-12-23-15-17/h1-4,17H,5-15H2. The van der Waals surface area contributed by atoms with E-state index in [1.165, 1.54) is 0 Å². The van der Waals surface area contributed by atoms with Crippen molar-refractivity contribution in [2.75, 3.05) is 66.1 Å². The van der Waals surface area contributed by atoms with Crippen molar-refractivity contribution in [3.05, 3.63) is 30.1 Å². The van der Waals surface area contributed by atoms with Crippen LogP contribution in [-0.2, 0) is 35.0 Å². The van der Waals surface area contributed by atoms with Gasteiger partial charge in [-0.25, -0.2) is 0 Å². The Bertz CT molecular complexity index is 389. The van der Waals surface area contributed by atoms with Gasteiger partial charge in [0.1, 0.15) is 6.10 Å². The molecule has 1 aliphatic heterocycles. The second-order valence-corrected chi connectivity index (χ2v) is 5.24. The summed E-state index contributed by atoms with van der Waals surface area (Å²) < 4.78 is 33.3. The van der Waals surface area contributed by atoms with Gasteiger partial charge in [-0.05, 0) is 12.1 Å². The fourth-order valence-electron chi connectivity index (χ4n) is 2.04. The SMILES string of the molecule is c1ccc(COC2COCCOCCOCCOCCOC2)nc1. The molecule has 1 fully saturated rings. The lowest BCUT2D eigenvalue weighted by Gasteiger charge is -2.18.